The normalized spacial score (nSPS) is 22.5. The molecule has 0 radical (unpaired) electrons. The second kappa shape index (κ2) is 6.84. The summed E-state index contributed by atoms with van der Waals surface area (Å²) in [7, 11) is 0. The first-order valence-electron chi connectivity index (χ1n) is 8.86. The van der Waals surface area contributed by atoms with E-state index in [0.717, 1.165) is 13.1 Å². The van der Waals surface area contributed by atoms with Gasteiger partial charge in [-0.2, -0.15) is 0 Å². The fraction of sp³-hybridized carbons (Fsp3) is 0.350. The second-order valence-electron chi connectivity index (χ2n) is 6.75. The van der Waals surface area contributed by atoms with Gasteiger partial charge in [-0.15, -0.1) is 0 Å². The Bertz CT molecular complexity index is 754. The maximum atomic E-state index is 13.7. The number of nitrogens with one attached hydrogen (secondary N) is 1. The van der Waals surface area contributed by atoms with E-state index in [1.165, 1.54) is 43.8 Å². The Morgan fingerprint density at radius 1 is 0.960 bits per heavy atom. The number of hydrogen-bond donors (Lipinski definition) is 1. The van der Waals surface area contributed by atoms with Gasteiger partial charge in [-0.1, -0.05) is 12.1 Å². The molecule has 2 aromatic carbocycles. The van der Waals surface area contributed by atoms with Crippen LogP contribution < -0.4 is 10.2 Å². The number of carbonyl (C=O) groups excluding carboxylic acids is 1. The minimum Gasteiger partial charge on any atom is -0.367 e. The molecule has 0 spiro atoms. The van der Waals surface area contributed by atoms with Crippen molar-refractivity contribution < 1.29 is 9.18 Å². The predicted octanol–water partition coefficient (Wildman–Crippen LogP) is 3.36. The van der Waals surface area contributed by atoms with Crippen LogP contribution >= 0.6 is 0 Å². The predicted molar refractivity (Wildman–Crippen MR) is 97.6 cm³/mol. The summed E-state index contributed by atoms with van der Waals surface area (Å²) in [6, 6.07) is 14.5. The summed E-state index contributed by atoms with van der Waals surface area (Å²) >= 11 is 0. The van der Waals surface area contributed by atoms with Crippen molar-refractivity contribution in [2.24, 2.45) is 0 Å². The molecular formula is C20H22FN3O. The molecule has 5 heteroatoms. The molecule has 2 aromatic rings. The number of fused-ring (bicyclic) bond motifs is 4. The molecule has 2 bridgehead atoms. The molecule has 3 aliphatic rings. The van der Waals surface area contributed by atoms with Gasteiger partial charge in [-0.25, -0.2) is 4.39 Å². The zero-order chi connectivity index (χ0) is 17.2. The zero-order valence-corrected chi connectivity index (χ0v) is 14.1. The third-order valence-electron chi connectivity index (χ3n) is 5.23. The number of piperidine rings is 1. The van der Waals surface area contributed by atoms with Crippen molar-refractivity contribution in [1.82, 2.24) is 4.90 Å². The largest absolute Gasteiger partial charge is 0.367 e. The Balaban J connectivity index is 1.47. The molecule has 0 atom stereocenters. The van der Waals surface area contributed by atoms with Crippen LogP contribution in [-0.2, 0) is 0 Å². The highest BCUT2D eigenvalue weighted by atomic mass is 19.1. The topological polar surface area (TPSA) is 35.6 Å². The highest BCUT2D eigenvalue weighted by Gasteiger charge is 2.28. The lowest BCUT2D eigenvalue weighted by molar-refractivity contribution is 0.102. The molecule has 0 saturated carbocycles. The molecule has 4 nitrogen and oxygen atoms in total. The quantitative estimate of drug-likeness (QED) is 0.931. The maximum absolute atomic E-state index is 13.7. The van der Waals surface area contributed by atoms with E-state index in [1.54, 1.807) is 12.1 Å². The average molecular weight is 339 g/mol. The van der Waals surface area contributed by atoms with Gasteiger partial charge < -0.3 is 15.1 Å². The minimum absolute atomic E-state index is 0.0603. The number of amides is 1. The summed E-state index contributed by atoms with van der Waals surface area (Å²) in [5.41, 5.74) is 1.93. The van der Waals surface area contributed by atoms with E-state index in [0.29, 0.717) is 11.7 Å². The smallest absolute Gasteiger partial charge is 0.258 e. The molecule has 0 unspecified atom stereocenters. The molecule has 1 amide bonds. The SMILES string of the molecule is O=C(Nc1ccc(N2CCN3CCC2CC3)cc1)c1ccccc1F. The summed E-state index contributed by atoms with van der Waals surface area (Å²) in [5.74, 6) is -0.931. The molecule has 0 aromatic heterocycles. The standard InChI is InChI=1S/C20H22FN3O/c21-19-4-2-1-3-18(19)20(25)22-15-5-7-16(8-6-15)24-14-13-23-11-9-17(24)10-12-23/h1-8,17H,9-14H2,(H,22,25). The Hall–Kier alpha value is -2.40. The molecule has 0 aliphatic carbocycles. The third-order valence-corrected chi connectivity index (χ3v) is 5.23. The second-order valence-corrected chi connectivity index (χ2v) is 6.75. The van der Waals surface area contributed by atoms with E-state index in [4.69, 9.17) is 0 Å². The first kappa shape index (κ1) is 16.1. The monoisotopic (exact) mass is 339 g/mol. The molecular weight excluding hydrogens is 317 g/mol. The first-order valence-corrected chi connectivity index (χ1v) is 8.86. The Labute approximate surface area is 147 Å². The molecule has 130 valence electrons. The summed E-state index contributed by atoms with van der Waals surface area (Å²) in [6.07, 6.45) is 2.43. The van der Waals surface area contributed by atoms with Crippen LogP contribution in [0.4, 0.5) is 15.8 Å². The number of carbonyl (C=O) groups is 1. The fourth-order valence-corrected chi connectivity index (χ4v) is 3.81. The van der Waals surface area contributed by atoms with Crippen LogP contribution in [0.3, 0.4) is 0 Å². The number of nitrogens with zero attached hydrogens (tertiary/aromatic N) is 2. The van der Waals surface area contributed by atoms with Crippen LogP contribution in [0, 0.1) is 5.82 Å². The number of benzene rings is 2. The molecule has 25 heavy (non-hydrogen) atoms. The lowest BCUT2D eigenvalue weighted by Crippen LogP contribution is -2.37. The molecule has 3 aliphatic heterocycles. The first-order chi connectivity index (χ1) is 12.2. The number of anilines is 2. The van der Waals surface area contributed by atoms with Gasteiger partial charge in [0.15, 0.2) is 0 Å². The van der Waals surface area contributed by atoms with Gasteiger partial charge in [0.2, 0.25) is 0 Å². The lowest BCUT2D eigenvalue weighted by Gasteiger charge is -2.33. The van der Waals surface area contributed by atoms with Gasteiger partial charge in [-0.3, -0.25) is 4.79 Å². The van der Waals surface area contributed by atoms with Crippen molar-refractivity contribution in [3.8, 4) is 0 Å². The molecule has 5 rings (SSSR count). The highest BCUT2D eigenvalue weighted by molar-refractivity contribution is 6.04. The summed E-state index contributed by atoms with van der Waals surface area (Å²) in [6.45, 7) is 4.55. The van der Waals surface area contributed by atoms with Gasteiger partial charge in [0.1, 0.15) is 5.82 Å². The van der Waals surface area contributed by atoms with Crippen LogP contribution in [0.5, 0.6) is 0 Å². The summed E-state index contributed by atoms with van der Waals surface area (Å²) in [4.78, 5) is 17.2. The molecule has 1 N–H and O–H groups in total. The Kier molecular flexibility index (Phi) is 4.40. The average Bonchev–Trinajstić information content (AvgIpc) is 2.97. The van der Waals surface area contributed by atoms with Crippen LogP contribution in [0.25, 0.3) is 0 Å². The van der Waals surface area contributed by atoms with E-state index in [9.17, 15) is 9.18 Å². The number of hydrogen-bond acceptors (Lipinski definition) is 3. The minimum atomic E-state index is -0.507. The lowest BCUT2D eigenvalue weighted by atomic mass is 10.0. The summed E-state index contributed by atoms with van der Waals surface area (Å²) in [5, 5.41) is 2.77. The van der Waals surface area contributed by atoms with E-state index in [1.807, 2.05) is 24.3 Å². The van der Waals surface area contributed by atoms with E-state index < -0.39 is 11.7 Å². The van der Waals surface area contributed by atoms with Crippen LogP contribution in [0.2, 0.25) is 0 Å². The van der Waals surface area contributed by atoms with Gasteiger partial charge in [0, 0.05) is 43.6 Å². The van der Waals surface area contributed by atoms with Crippen molar-refractivity contribution in [3.63, 3.8) is 0 Å². The number of halogens is 1. The van der Waals surface area contributed by atoms with Gasteiger partial charge in [0.25, 0.3) is 5.91 Å². The van der Waals surface area contributed by atoms with E-state index >= 15 is 0 Å². The van der Waals surface area contributed by atoms with Gasteiger partial charge >= 0.3 is 0 Å². The van der Waals surface area contributed by atoms with Crippen LogP contribution in [-0.4, -0.2) is 43.0 Å². The Morgan fingerprint density at radius 2 is 1.68 bits per heavy atom. The van der Waals surface area contributed by atoms with Gasteiger partial charge in [0.05, 0.1) is 5.56 Å². The summed E-state index contributed by atoms with van der Waals surface area (Å²) < 4.78 is 13.7. The van der Waals surface area contributed by atoms with Crippen molar-refractivity contribution in [1.29, 1.82) is 0 Å². The van der Waals surface area contributed by atoms with E-state index in [2.05, 4.69) is 15.1 Å². The maximum Gasteiger partial charge on any atom is 0.258 e. The molecule has 3 fully saturated rings. The van der Waals surface area contributed by atoms with Gasteiger partial charge in [-0.05, 0) is 49.2 Å². The molecule has 3 heterocycles. The van der Waals surface area contributed by atoms with Crippen molar-refractivity contribution in [2.45, 2.75) is 18.9 Å². The van der Waals surface area contributed by atoms with Crippen LogP contribution in [0.1, 0.15) is 23.2 Å². The van der Waals surface area contributed by atoms with Crippen LogP contribution in [0.15, 0.2) is 48.5 Å². The van der Waals surface area contributed by atoms with Crippen molar-refractivity contribution in [2.75, 3.05) is 36.4 Å². The third kappa shape index (κ3) is 3.37. The molecule has 3 saturated heterocycles. The van der Waals surface area contributed by atoms with Crippen molar-refractivity contribution in [3.05, 3.63) is 59.9 Å². The van der Waals surface area contributed by atoms with E-state index in [-0.39, 0.29) is 5.56 Å². The Morgan fingerprint density at radius 3 is 2.40 bits per heavy atom. The van der Waals surface area contributed by atoms with Crippen molar-refractivity contribution >= 4 is 17.3 Å². The number of rotatable bonds is 3. The highest BCUT2D eigenvalue weighted by Crippen LogP contribution is 2.27. The fourth-order valence-electron chi connectivity index (χ4n) is 3.81. The zero-order valence-electron chi connectivity index (χ0n) is 14.1.